The van der Waals surface area contributed by atoms with Crippen LogP contribution in [0.5, 0.6) is 5.75 Å². The normalized spacial score (nSPS) is 12.1. The van der Waals surface area contributed by atoms with Gasteiger partial charge in [-0.1, -0.05) is 48.5 Å². The predicted octanol–water partition coefficient (Wildman–Crippen LogP) is 2.42. The zero-order valence-electron chi connectivity index (χ0n) is 15.4. The summed E-state index contributed by atoms with van der Waals surface area (Å²) in [6.07, 6.45) is 0.379. The molecule has 142 valence electrons. The van der Waals surface area contributed by atoms with E-state index < -0.39 is 6.10 Å². The first-order valence-electron chi connectivity index (χ1n) is 8.99. The summed E-state index contributed by atoms with van der Waals surface area (Å²) in [6, 6.07) is 18.0. The Morgan fingerprint density at radius 2 is 1.77 bits per heavy atom. The molecule has 0 saturated carbocycles. The minimum Gasteiger partial charge on any atom is -0.490 e. The van der Waals surface area contributed by atoms with E-state index in [0.29, 0.717) is 26.4 Å². The first-order chi connectivity index (χ1) is 12.8. The molecule has 0 fully saturated rings. The third-order valence-corrected chi connectivity index (χ3v) is 3.91. The van der Waals surface area contributed by atoms with Gasteiger partial charge in [-0.25, -0.2) is 0 Å². The highest BCUT2D eigenvalue weighted by atomic mass is 16.5. The molecular formula is C21H29NO4. The molecule has 5 nitrogen and oxygen atoms in total. The van der Waals surface area contributed by atoms with Gasteiger partial charge in [-0.05, 0) is 24.6 Å². The maximum Gasteiger partial charge on any atom is 0.124 e. The number of hydrogen-bond acceptors (Lipinski definition) is 5. The molecule has 0 bridgehead atoms. The van der Waals surface area contributed by atoms with Gasteiger partial charge < -0.3 is 24.6 Å². The van der Waals surface area contributed by atoms with Crippen LogP contribution < -0.4 is 10.1 Å². The number of methoxy groups -OCH3 is 1. The van der Waals surface area contributed by atoms with Gasteiger partial charge in [-0.15, -0.1) is 0 Å². The summed E-state index contributed by atoms with van der Waals surface area (Å²) < 4.78 is 16.3. The van der Waals surface area contributed by atoms with Crippen molar-refractivity contribution in [3.63, 3.8) is 0 Å². The van der Waals surface area contributed by atoms with Gasteiger partial charge in [0.15, 0.2) is 0 Å². The number of aliphatic hydroxyl groups is 1. The minimum atomic E-state index is -0.562. The third kappa shape index (κ3) is 7.97. The van der Waals surface area contributed by atoms with Crippen molar-refractivity contribution in [1.82, 2.24) is 5.32 Å². The van der Waals surface area contributed by atoms with Crippen molar-refractivity contribution in [3.05, 3.63) is 65.7 Å². The zero-order valence-corrected chi connectivity index (χ0v) is 15.4. The van der Waals surface area contributed by atoms with Crippen LogP contribution in [0.3, 0.4) is 0 Å². The SMILES string of the molecule is COCCOCc1ccccc1OCC(O)CNCCc1ccccc1. The van der Waals surface area contributed by atoms with Crippen LogP contribution in [0, 0.1) is 0 Å². The average Bonchev–Trinajstić information content (AvgIpc) is 2.68. The van der Waals surface area contributed by atoms with Crippen LogP contribution in [-0.2, 0) is 22.5 Å². The van der Waals surface area contributed by atoms with Crippen molar-refractivity contribution in [1.29, 1.82) is 0 Å². The highest BCUT2D eigenvalue weighted by Crippen LogP contribution is 2.19. The molecule has 0 aliphatic rings. The first kappa shape index (κ1) is 20.4. The fourth-order valence-corrected chi connectivity index (χ4v) is 2.48. The molecule has 1 unspecified atom stereocenters. The van der Waals surface area contributed by atoms with E-state index in [-0.39, 0.29) is 6.61 Å². The van der Waals surface area contributed by atoms with Crippen LogP contribution in [0.2, 0.25) is 0 Å². The molecule has 0 spiro atoms. The maximum absolute atomic E-state index is 10.1. The Bertz CT molecular complexity index is 606. The van der Waals surface area contributed by atoms with Gasteiger partial charge in [0, 0.05) is 19.2 Å². The van der Waals surface area contributed by atoms with Crippen LogP contribution >= 0.6 is 0 Å². The summed E-state index contributed by atoms with van der Waals surface area (Å²) in [5.41, 5.74) is 2.25. The van der Waals surface area contributed by atoms with Gasteiger partial charge in [0.05, 0.1) is 19.8 Å². The van der Waals surface area contributed by atoms with E-state index in [4.69, 9.17) is 14.2 Å². The Balaban J connectivity index is 1.65. The standard InChI is InChI=1S/C21H29NO4/c1-24-13-14-25-16-19-9-5-6-10-21(19)26-17-20(23)15-22-12-11-18-7-3-2-4-8-18/h2-10,20,22-23H,11-17H2,1H3. The quantitative estimate of drug-likeness (QED) is 0.538. The fourth-order valence-electron chi connectivity index (χ4n) is 2.48. The second-order valence-corrected chi connectivity index (χ2v) is 6.06. The summed E-state index contributed by atoms with van der Waals surface area (Å²) in [5, 5.41) is 13.4. The summed E-state index contributed by atoms with van der Waals surface area (Å²) in [7, 11) is 1.65. The van der Waals surface area contributed by atoms with Crippen LogP contribution in [0.1, 0.15) is 11.1 Å². The molecule has 0 saturated heterocycles. The molecule has 0 aromatic heterocycles. The number of para-hydroxylation sites is 1. The molecule has 0 aliphatic carbocycles. The van der Waals surface area contributed by atoms with Crippen molar-refractivity contribution in [2.24, 2.45) is 0 Å². The maximum atomic E-state index is 10.1. The third-order valence-electron chi connectivity index (χ3n) is 3.91. The van der Waals surface area contributed by atoms with Gasteiger partial charge in [-0.2, -0.15) is 0 Å². The van der Waals surface area contributed by atoms with Crippen LogP contribution in [-0.4, -0.2) is 51.2 Å². The Labute approximate surface area is 155 Å². The molecule has 1 atom stereocenters. The van der Waals surface area contributed by atoms with E-state index >= 15 is 0 Å². The fraction of sp³-hybridized carbons (Fsp3) is 0.429. The van der Waals surface area contributed by atoms with E-state index in [0.717, 1.165) is 24.3 Å². The summed E-state index contributed by atoms with van der Waals surface area (Å²) in [6.45, 7) is 3.14. The predicted molar refractivity (Wildman–Crippen MR) is 102 cm³/mol. The summed E-state index contributed by atoms with van der Waals surface area (Å²) in [5.74, 6) is 0.744. The monoisotopic (exact) mass is 359 g/mol. The zero-order chi connectivity index (χ0) is 18.5. The molecule has 2 aromatic rings. The number of aliphatic hydroxyl groups excluding tert-OH is 1. The van der Waals surface area contributed by atoms with Crippen LogP contribution in [0.4, 0.5) is 0 Å². The molecule has 0 amide bonds. The smallest absolute Gasteiger partial charge is 0.124 e. The van der Waals surface area contributed by atoms with Crippen molar-refractivity contribution in [2.45, 2.75) is 19.1 Å². The molecular weight excluding hydrogens is 330 g/mol. The molecule has 5 heteroatoms. The number of benzene rings is 2. The van der Waals surface area contributed by atoms with E-state index in [1.54, 1.807) is 7.11 Å². The largest absolute Gasteiger partial charge is 0.490 e. The Hall–Kier alpha value is -1.92. The highest BCUT2D eigenvalue weighted by Gasteiger charge is 2.08. The minimum absolute atomic E-state index is 0.243. The topological polar surface area (TPSA) is 60.0 Å². The molecule has 2 N–H and O–H groups in total. The Morgan fingerprint density at radius 3 is 2.58 bits per heavy atom. The Kier molecular flexibility index (Phi) is 9.75. The first-order valence-corrected chi connectivity index (χ1v) is 8.99. The van der Waals surface area contributed by atoms with Gasteiger partial charge >= 0.3 is 0 Å². The molecule has 0 aliphatic heterocycles. The van der Waals surface area contributed by atoms with Gasteiger partial charge in [0.2, 0.25) is 0 Å². The van der Waals surface area contributed by atoms with E-state index in [1.165, 1.54) is 5.56 Å². The second-order valence-electron chi connectivity index (χ2n) is 6.06. The van der Waals surface area contributed by atoms with Gasteiger partial charge in [0.25, 0.3) is 0 Å². The summed E-state index contributed by atoms with van der Waals surface area (Å²) >= 11 is 0. The van der Waals surface area contributed by atoms with E-state index in [9.17, 15) is 5.11 Å². The van der Waals surface area contributed by atoms with Gasteiger partial charge in [0.1, 0.15) is 18.5 Å². The number of nitrogens with one attached hydrogen (secondary N) is 1. The Morgan fingerprint density at radius 1 is 1.00 bits per heavy atom. The lowest BCUT2D eigenvalue weighted by Crippen LogP contribution is -2.32. The van der Waals surface area contributed by atoms with E-state index in [2.05, 4.69) is 17.4 Å². The number of ether oxygens (including phenoxy) is 3. The number of hydrogen-bond donors (Lipinski definition) is 2. The lowest BCUT2D eigenvalue weighted by atomic mass is 10.1. The molecule has 2 aromatic carbocycles. The van der Waals surface area contributed by atoms with Crippen molar-refractivity contribution in [2.75, 3.05) is 40.0 Å². The van der Waals surface area contributed by atoms with Crippen LogP contribution in [0.25, 0.3) is 0 Å². The van der Waals surface area contributed by atoms with Gasteiger partial charge in [-0.3, -0.25) is 0 Å². The van der Waals surface area contributed by atoms with Crippen molar-refractivity contribution < 1.29 is 19.3 Å². The highest BCUT2D eigenvalue weighted by molar-refractivity contribution is 5.32. The molecule has 2 rings (SSSR count). The van der Waals surface area contributed by atoms with E-state index in [1.807, 2.05) is 42.5 Å². The molecule has 0 radical (unpaired) electrons. The van der Waals surface area contributed by atoms with Crippen molar-refractivity contribution >= 4 is 0 Å². The molecule has 0 heterocycles. The average molecular weight is 359 g/mol. The molecule has 26 heavy (non-hydrogen) atoms. The van der Waals surface area contributed by atoms with Crippen molar-refractivity contribution in [3.8, 4) is 5.75 Å². The lowest BCUT2D eigenvalue weighted by molar-refractivity contribution is 0.0591. The second kappa shape index (κ2) is 12.4. The summed E-state index contributed by atoms with van der Waals surface area (Å²) in [4.78, 5) is 0. The lowest BCUT2D eigenvalue weighted by Gasteiger charge is -2.16. The van der Waals surface area contributed by atoms with Crippen LogP contribution in [0.15, 0.2) is 54.6 Å². The number of rotatable bonds is 13.